The van der Waals surface area contributed by atoms with E-state index in [-0.39, 0.29) is 10.2 Å². The standard InChI is InChI=1S/C9H13NO3S.CH2Cl2/c1-6-4-7(2)9(8(3)5-6)14(11,12)13-10;2-1-3/h4-5H,10H2,1-3H3;1H2. The fourth-order valence-corrected chi connectivity index (χ4v) is 2.61. The fraction of sp³-hybridized carbons (Fsp3) is 0.400. The van der Waals surface area contributed by atoms with Crippen molar-refractivity contribution in [2.24, 2.45) is 5.90 Å². The zero-order valence-electron chi connectivity index (χ0n) is 9.83. The van der Waals surface area contributed by atoms with Crippen molar-refractivity contribution in [2.75, 3.05) is 5.34 Å². The molecule has 1 aromatic carbocycles. The maximum atomic E-state index is 11.4. The second-order valence-corrected chi connectivity index (χ2v) is 5.70. The number of halogens is 2. The zero-order valence-corrected chi connectivity index (χ0v) is 12.2. The molecule has 2 N–H and O–H groups in total. The van der Waals surface area contributed by atoms with Gasteiger partial charge in [0.1, 0.15) is 4.90 Å². The van der Waals surface area contributed by atoms with Crippen LogP contribution in [0.5, 0.6) is 0 Å². The van der Waals surface area contributed by atoms with E-state index in [2.05, 4.69) is 4.28 Å². The Kier molecular flexibility index (Phi) is 7.04. The Hall–Kier alpha value is -0.330. The molecule has 7 heteroatoms. The molecule has 98 valence electrons. The van der Waals surface area contributed by atoms with E-state index in [0.717, 1.165) is 5.56 Å². The molecule has 0 saturated carbocycles. The van der Waals surface area contributed by atoms with Crippen LogP contribution in [0.4, 0.5) is 0 Å². The van der Waals surface area contributed by atoms with Gasteiger partial charge in [-0.1, -0.05) is 17.7 Å². The van der Waals surface area contributed by atoms with Crippen LogP contribution in [0.1, 0.15) is 16.7 Å². The third-order valence-corrected chi connectivity index (χ3v) is 3.38. The van der Waals surface area contributed by atoms with Crippen LogP contribution < -0.4 is 5.90 Å². The van der Waals surface area contributed by atoms with E-state index >= 15 is 0 Å². The molecule has 0 spiro atoms. The summed E-state index contributed by atoms with van der Waals surface area (Å²) in [5.74, 6) is 4.73. The van der Waals surface area contributed by atoms with Crippen molar-refractivity contribution >= 4 is 33.3 Å². The average Bonchev–Trinajstić information content (AvgIpc) is 2.16. The van der Waals surface area contributed by atoms with Gasteiger partial charge in [0.05, 0.1) is 5.34 Å². The number of hydrogen-bond acceptors (Lipinski definition) is 4. The molecule has 0 fully saturated rings. The summed E-state index contributed by atoms with van der Waals surface area (Å²) in [4.78, 5) is 0.158. The van der Waals surface area contributed by atoms with Crippen molar-refractivity contribution in [1.82, 2.24) is 0 Å². The summed E-state index contributed by atoms with van der Waals surface area (Å²) in [6, 6.07) is 3.55. The van der Waals surface area contributed by atoms with Crippen molar-refractivity contribution in [1.29, 1.82) is 0 Å². The van der Waals surface area contributed by atoms with E-state index in [4.69, 9.17) is 29.1 Å². The summed E-state index contributed by atoms with van der Waals surface area (Å²) in [5, 5.41) is 0.194. The Morgan fingerprint density at radius 2 is 1.53 bits per heavy atom. The lowest BCUT2D eigenvalue weighted by molar-refractivity contribution is 0.332. The predicted octanol–water partition coefficient (Wildman–Crippen LogP) is 2.61. The lowest BCUT2D eigenvalue weighted by Gasteiger charge is -2.09. The lowest BCUT2D eigenvalue weighted by Crippen LogP contribution is -2.14. The third-order valence-electron chi connectivity index (χ3n) is 1.98. The van der Waals surface area contributed by atoms with Crippen molar-refractivity contribution < 1.29 is 12.7 Å². The van der Waals surface area contributed by atoms with Gasteiger partial charge in [-0.25, -0.2) is 0 Å². The van der Waals surface area contributed by atoms with Crippen LogP contribution in [-0.4, -0.2) is 13.8 Å². The maximum absolute atomic E-state index is 11.4. The molecule has 0 amide bonds. The smallest absolute Gasteiger partial charge is 0.197 e. The van der Waals surface area contributed by atoms with Crippen LogP contribution in [0.25, 0.3) is 0 Å². The Balaban J connectivity index is 0.000000770. The van der Waals surface area contributed by atoms with Crippen molar-refractivity contribution in [3.8, 4) is 0 Å². The number of nitrogens with two attached hydrogens (primary N) is 1. The number of hydrogen-bond donors (Lipinski definition) is 1. The molecule has 1 aromatic rings. The summed E-state index contributed by atoms with van der Waals surface area (Å²) in [6.45, 7) is 5.33. The largest absolute Gasteiger partial charge is 0.313 e. The van der Waals surface area contributed by atoms with Gasteiger partial charge in [0.2, 0.25) is 0 Å². The molecule has 4 nitrogen and oxygen atoms in total. The molecule has 0 saturated heterocycles. The first-order valence-electron chi connectivity index (χ1n) is 4.63. The molecule has 0 aliphatic heterocycles. The average molecular weight is 300 g/mol. The monoisotopic (exact) mass is 299 g/mol. The van der Waals surface area contributed by atoms with Gasteiger partial charge < -0.3 is 0 Å². The summed E-state index contributed by atoms with van der Waals surface area (Å²) in [7, 11) is -3.80. The first kappa shape index (κ1) is 16.7. The van der Waals surface area contributed by atoms with E-state index in [0.29, 0.717) is 11.1 Å². The van der Waals surface area contributed by atoms with Gasteiger partial charge in [-0.3, -0.25) is 0 Å². The van der Waals surface area contributed by atoms with Crippen LogP contribution in [0.2, 0.25) is 0 Å². The minimum atomic E-state index is -3.80. The Morgan fingerprint density at radius 1 is 1.18 bits per heavy atom. The summed E-state index contributed by atoms with van der Waals surface area (Å²) in [5.41, 5.74) is 2.30. The molecule has 0 unspecified atom stereocenters. The maximum Gasteiger partial charge on any atom is 0.313 e. The van der Waals surface area contributed by atoms with E-state index < -0.39 is 10.1 Å². The van der Waals surface area contributed by atoms with E-state index in [1.54, 1.807) is 26.0 Å². The molecule has 0 aliphatic rings. The van der Waals surface area contributed by atoms with Crippen molar-refractivity contribution in [3.63, 3.8) is 0 Å². The summed E-state index contributed by atoms with van der Waals surface area (Å²) < 4.78 is 26.8. The highest BCUT2D eigenvalue weighted by molar-refractivity contribution is 7.86. The zero-order chi connectivity index (χ0) is 13.6. The molecule has 0 aromatic heterocycles. The molecule has 0 heterocycles. The highest BCUT2D eigenvalue weighted by Gasteiger charge is 2.19. The molecular formula is C10H15Cl2NO3S. The van der Waals surface area contributed by atoms with Gasteiger partial charge in [-0.2, -0.15) is 18.6 Å². The lowest BCUT2D eigenvalue weighted by atomic mass is 10.1. The first-order valence-corrected chi connectivity index (χ1v) is 7.11. The second kappa shape index (κ2) is 7.18. The van der Waals surface area contributed by atoms with Gasteiger partial charge in [-0.15, -0.1) is 23.2 Å². The second-order valence-electron chi connectivity index (χ2n) is 3.38. The number of aryl methyl sites for hydroxylation is 3. The van der Waals surface area contributed by atoms with Gasteiger partial charge in [0.25, 0.3) is 0 Å². The van der Waals surface area contributed by atoms with Gasteiger partial charge >= 0.3 is 10.1 Å². The fourth-order valence-electron chi connectivity index (χ4n) is 1.61. The van der Waals surface area contributed by atoms with Gasteiger partial charge in [0.15, 0.2) is 0 Å². The first-order chi connectivity index (χ1) is 7.80. The highest BCUT2D eigenvalue weighted by atomic mass is 35.5. The number of benzene rings is 1. The number of rotatable bonds is 2. The van der Waals surface area contributed by atoms with E-state index in [1.807, 2.05) is 6.92 Å². The van der Waals surface area contributed by atoms with Crippen LogP contribution in [0.15, 0.2) is 17.0 Å². The topological polar surface area (TPSA) is 69.4 Å². The van der Waals surface area contributed by atoms with Crippen LogP contribution in [0, 0.1) is 20.8 Å². The SMILES string of the molecule is Cc1cc(C)c(S(=O)(=O)ON)c(C)c1.ClCCl. The normalized spacial score (nSPS) is 10.7. The minimum Gasteiger partial charge on any atom is -0.197 e. The minimum absolute atomic E-state index is 0.158. The Labute approximate surface area is 112 Å². The number of alkyl halides is 2. The molecule has 1 rings (SSSR count). The van der Waals surface area contributed by atoms with Crippen LogP contribution in [-0.2, 0) is 14.4 Å². The third kappa shape index (κ3) is 4.81. The highest BCUT2D eigenvalue weighted by Crippen LogP contribution is 2.22. The Bertz CT molecular complexity index is 451. The molecule has 0 atom stereocenters. The molecule has 17 heavy (non-hydrogen) atoms. The quantitative estimate of drug-likeness (QED) is 0.673. The van der Waals surface area contributed by atoms with Crippen LogP contribution >= 0.6 is 23.2 Å². The predicted molar refractivity (Wildman–Crippen MR) is 69.7 cm³/mol. The molecule has 0 bridgehead atoms. The molecular weight excluding hydrogens is 285 g/mol. The van der Waals surface area contributed by atoms with E-state index in [1.165, 1.54) is 0 Å². The Morgan fingerprint density at radius 3 is 1.82 bits per heavy atom. The molecule has 0 aliphatic carbocycles. The molecule has 0 radical (unpaired) electrons. The van der Waals surface area contributed by atoms with Gasteiger partial charge in [-0.05, 0) is 31.9 Å². The van der Waals surface area contributed by atoms with Crippen molar-refractivity contribution in [2.45, 2.75) is 25.7 Å². The van der Waals surface area contributed by atoms with Crippen LogP contribution in [0.3, 0.4) is 0 Å². The summed E-state index contributed by atoms with van der Waals surface area (Å²) >= 11 is 9.53. The van der Waals surface area contributed by atoms with Gasteiger partial charge in [0, 0.05) is 0 Å². The van der Waals surface area contributed by atoms with Crippen molar-refractivity contribution in [3.05, 3.63) is 28.8 Å². The van der Waals surface area contributed by atoms with E-state index in [9.17, 15) is 8.42 Å². The summed E-state index contributed by atoms with van der Waals surface area (Å²) in [6.07, 6.45) is 0.